The van der Waals surface area contributed by atoms with E-state index in [-0.39, 0.29) is 12.5 Å². The van der Waals surface area contributed by atoms with Crippen LogP contribution in [0.1, 0.15) is 12.8 Å². The topological polar surface area (TPSA) is 44.8 Å². The van der Waals surface area contributed by atoms with Crippen molar-refractivity contribution in [1.82, 2.24) is 15.1 Å². The van der Waals surface area contributed by atoms with Gasteiger partial charge in [0.25, 0.3) is 0 Å². The zero-order valence-electron chi connectivity index (χ0n) is 11.4. The Bertz CT molecular complexity index is 259. The maximum atomic E-state index is 11.7. The zero-order valence-corrected chi connectivity index (χ0v) is 11.4. The number of rotatable bonds is 4. The summed E-state index contributed by atoms with van der Waals surface area (Å²) in [6.45, 7) is 7.48. The number of ether oxygens (including phenoxy) is 1. The molecule has 2 aliphatic heterocycles. The van der Waals surface area contributed by atoms with Gasteiger partial charge in [-0.05, 0) is 31.8 Å². The zero-order chi connectivity index (χ0) is 12.8. The molecule has 0 aliphatic carbocycles. The molecule has 0 bridgehead atoms. The maximum Gasteiger partial charge on any atom is 0.248 e. The number of carbonyl (C=O) groups is 1. The fraction of sp³-hybridized carbons (Fsp3) is 0.923. The molecule has 5 nitrogen and oxygen atoms in total. The van der Waals surface area contributed by atoms with E-state index in [1.165, 1.54) is 19.4 Å². The predicted molar refractivity (Wildman–Crippen MR) is 70.5 cm³/mol. The third-order valence-electron chi connectivity index (χ3n) is 3.97. The molecule has 1 N–H and O–H groups in total. The number of piperidine rings is 1. The second-order valence-electron chi connectivity index (χ2n) is 5.31. The lowest BCUT2D eigenvalue weighted by Gasteiger charge is -2.37. The average molecular weight is 255 g/mol. The van der Waals surface area contributed by atoms with Crippen molar-refractivity contribution in [3.05, 3.63) is 0 Å². The number of piperazine rings is 1. The summed E-state index contributed by atoms with van der Waals surface area (Å²) in [4.78, 5) is 16.1. The van der Waals surface area contributed by atoms with Crippen LogP contribution in [0.4, 0.5) is 0 Å². The number of carbonyl (C=O) groups excluding carboxylic acids is 1. The van der Waals surface area contributed by atoms with Gasteiger partial charge in [0, 0.05) is 39.8 Å². The quantitative estimate of drug-likeness (QED) is 0.754. The van der Waals surface area contributed by atoms with Crippen LogP contribution in [0, 0.1) is 5.92 Å². The first-order valence-corrected chi connectivity index (χ1v) is 6.99. The van der Waals surface area contributed by atoms with E-state index in [1.54, 1.807) is 7.11 Å². The molecule has 2 fully saturated rings. The molecular formula is C13H25N3O2. The lowest BCUT2D eigenvalue weighted by molar-refractivity contribution is -0.136. The van der Waals surface area contributed by atoms with Gasteiger partial charge in [0.1, 0.15) is 6.61 Å². The van der Waals surface area contributed by atoms with Crippen LogP contribution < -0.4 is 5.32 Å². The Morgan fingerprint density at radius 1 is 1.22 bits per heavy atom. The van der Waals surface area contributed by atoms with Gasteiger partial charge in [-0.1, -0.05) is 0 Å². The van der Waals surface area contributed by atoms with E-state index < -0.39 is 0 Å². The molecule has 0 unspecified atom stereocenters. The second-order valence-corrected chi connectivity index (χ2v) is 5.31. The molecule has 0 aromatic rings. The SMILES string of the molecule is COCC(=O)N1CCN(CC2CCNCC2)CC1. The molecule has 0 aromatic carbocycles. The molecule has 0 spiro atoms. The lowest BCUT2D eigenvalue weighted by Crippen LogP contribution is -2.51. The van der Waals surface area contributed by atoms with Crippen LogP contribution in [0.3, 0.4) is 0 Å². The van der Waals surface area contributed by atoms with Crippen LogP contribution in [-0.4, -0.2) is 75.2 Å². The minimum atomic E-state index is 0.124. The molecule has 2 saturated heterocycles. The predicted octanol–water partition coefficient (Wildman–Crippen LogP) is -0.223. The summed E-state index contributed by atoms with van der Waals surface area (Å²) in [5, 5.41) is 3.40. The molecule has 104 valence electrons. The Morgan fingerprint density at radius 3 is 2.50 bits per heavy atom. The molecule has 18 heavy (non-hydrogen) atoms. The number of nitrogens with zero attached hydrogens (tertiary/aromatic N) is 2. The van der Waals surface area contributed by atoms with Crippen LogP contribution >= 0.6 is 0 Å². The van der Waals surface area contributed by atoms with Gasteiger partial charge in [-0.25, -0.2) is 0 Å². The second kappa shape index (κ2) is 7.07. The molecule has 2 heterocycles. The first-order chi connectivity index (χ1) is 8.79. The molecule has 0 aromatic heterocycles. The molecular weight excluding hydrogens is 230 g/mol. The first kappa shape index (κ1) is 13.8. The van der Waals surface area contributed by atoms with Gasteiger partial charge in [0.15, 0.2) is 0 Å². The van der Waals surface area contributed by atoms with Crippen molar-refractivity contribution in [3.63, 3.8) is 0 Å². The summed E-state index contributed by atoms with van der Waals surface area (Å²) in [6, 6.07) is 0. The van der Waals surface area contributed by atoms with E-state index >= 15 is 0 Å². The fourth-order valence-corrected chi connectivity index (χ4v) is 2.82. The smallest absolute Gasteiger partial charge is 0.248 e. The van der Waals surface area contributed by atoms with Gasteiger partial charge in [0.05, 0.1) is 0 Å². The highest BCUT2D eigenvalue weighted by Crippen LogP contribution is 2.14. The largest absolute Gasteiger partial charge is 0.375 e. The number of hydrogen-bond donors (Lipinski definition) is 1. The van der Waals surface area contributed by atoms with Crippen LogP contribution in [0.2, 0.25) is 0 Å². The fourth-order valence-electron chi connectivity index (χ4n) is 2.82. The summed E-state index contributed by atoms with van der Waals surface area (Å²) in [5.41, 5.74) is 0. The maximum absolute atomic E-state index is 11.7. The number of nitrogens with one attached hydrogen (secondary N) is 1. The summed E-state index contributed by atoms with van der Waals surface area (Å²) in [7, 11) is 1.57. The van der Waals surface area contributed by atoms with E-state index in [0.717, 1.165) is 45.2 Å². The van der Waals surface area contributed by atoms with Gasteiger partial charge in [-0.2, -0.15) is 0 Å². The van der Waals surface area contributed by atoms with Gasteiger partial charge in [-0.15, -0.1) is 0 Å². The van der Waals surface area contributed by atoms with Gasteiger partial charge < -0.3 is 15.0 Å². The van der Waals surface area contributed by atoms with Crippen molar-refractivity contribution in [2.75, 3.05) is 59.5 Å². The van der Waals surface area contributed by atoms with E-state index in [9.17, 15) is 4.79 Å². The first-order valence-electron chi connectivity index (χ1n) is 6.99. The Morgan fingerprint density at radius 2 is 1.89 bits per heavy atom. The van der Waals surface area contributed by atoms with Crippen molar-refractivity contribution in [3.8, 4) is 0 Å². The summed E-state index contributed by atoms with van der Waals surface area (Å²) in [6.07, 6.45) is 2.59. The summed E-state index contributed by atoms with van der Waals surface area (Å²) < 4.78 is 4.89. The molecule has 1 amide bonds. The Balaban J connectivity index is 1.68. The number of hydrogen-bond acceptors (Lipinski definition) is 4. The molecule has 2 rings (SSSR count). The normalized spacial score (nSPS) is 23.3. The van der Waals surface area contributed by atoms with Crippen molar-refractivity contribution in [1.29, 1.82) is 0 Å². The highest BCUT2D eigenvalue weighted by molar-refractivity contribution is 5.77. The molecule has 0 atom stereocenters. The van der Waals surface area contributed by atoms with Crippen molar-refractivity contribution in [2.45, 2.75) is 12.8 Å². The summed E-state index contributed by atoms with van der Waals surface area (Å²) in [5.74, 6) is 0.964. The summed E-state index contributed by atoms with van der Waals surface area (Å²) >= 11 is 0. The Hall–Kier alpha value is -0.650. The van der Waals surface area contributed by atoms with Crippen molar-refractivity contribution in [2.24, 2.45) is 5.92 Å². The van der Waals surface area contributed by atoms with E-state index in [0.29, 0.717) is 0 Å². The van der Waals surface area contributed by atoms with E-state index in [4.69, 9.17) is 4.74 Å². The van der Waals surface area contributed by atoms with Crippen molar-refractivity contribution >= 4 is 5.91 Å². The van der Waals surface area contributed by atoms with Gasteiger partial charge in [0.2, 0.25) is 5.91 Å². The van der Waals surface area contributed by atoms with Gasteiger partial charge in [-0.3, -0.25) is 9.69 Å². The van der Waals surface area contributed by atoms with Gasteiger partial charge >= 0.3 is 0 Å². The van der Waals surface area contributed by atoms with Crippen LogP contribution in [0.25, 0.3) is 0 Å². The highest BCUT2D eigenvalue weighted by atomic mass is 16.5. The minimum Gasteiger partial charge on any atom is -0.375 e. The molecule has 5 heteroatoms. The highest BCUT2D eigenvalue weighted by Gasteiger charge is 2.23. The van der Waals surface area contributed by atoms with Crippen LogP contribution in [0.5, 0.6) is 0 Å². The van der Waals surface area contributed by atoms with E-state index in [1.807, 2.05) is 4.90 Å². The Labute approximate surface area is 109 Å². The van der Waals surface area contributed by atoms with Crippen molar-refractivity contribution < 1.29 is 9.53 Å². The van der Waals surface area contributed by atoms with Crippen LogP contribution in [0.15, 0.2) is 0 Å². The number of amides is 1. The van der Waals surface area contributed by atoms with E-state index in [2.05, 4.69) is 10.2 Å². The van der Waals surface area contributed by atoms with Crippen LogP contribution in [-0.2, 0) is 9.53 Å². The number of methoxy groups -OCH3 is 1. The monoisotopic (exact) mass is 255 g/mol. The Kier molecular flexibility index (Phi) is 5.41. The minimum absolute atomic E-state index is 0.124. The molecule has 2 aliphatic rings. The standard InChI is InChI=1S/C13H25N3O2/c1-18-11-13(17)16-8-6-15(7-9-16)10-12-2-4-14-5-3-12/h12,14H,2-11H2,1H3. The molecule has 0 saturated carbocycles. The third kappa shape index (κ3) is 3.93. The third-order valence-corrected chi connectivity index (χ3v) is 3.97. The molecule has 0 radical (unpaired) electrons. The average Bonchev–Trinajstić information content (AvgIpc) is 2.41. The lowest BCUT2D eigenvalue weighted by atomic mass is 9.97.